The molecular formula is C12H10N2O4S. The molecule has 6 nitrogen and oxygen atoms in total. The van der Waals surface area contributed by atoms with Crippen molar-refractivity contribution in [3.63, 3.8) is 0 Å². The van der Waals surface area contributed by atoms with Gasteiger partial charge < -0.3 is 19.5 Å². The lowest BCUT2D eigenvalue weighted by molar-refractivity contribution is 0.0595. The predicted octanol–water partition coefficient (Wildman–Crippen LogP) is 2.40. The molecule has 98 valence electrons. The highest BCUT2D eigenvalue weighted by Gasteiger charge is 2.14. The standard InChI is InChI=1S/C12H10N2O4S/c1-16-11(15)8-5-19-12(14-8)13-7-2-3-9-10(4-7)18-6-17-9/h2-5H,6H2,1H3,(H,13,14). The Balaban J connectivity index is 1.78. The molecule has 0 atom stereocenters. The number of hydrogen-bond donors (Lipinski definition) is 1. The fourth-order valence-electron chi connectivity index (χ4n) is 1.63. The third kappa shape index (κ3) is 2.32. The highest BCUT2D eigenvalue weighted by atomic mass is 32.1. The molecule has 2 heterocycles. The Morgan fingerprint density at radius 2 is 2.26 bits per heavy atom. The molecule has 1 N–H and O–H groups in total. The molecule has 3 rings (SSSR count). The maximum atomic E-state index is 11.3. The van der Waals surface area contributed by atoms with Crippen molar-refractivity contribution in [2.24, 2.45) is 0 Å². The van der Waals surface area contributed by atoms with E-state index in [0.29, 0.717) is 10.9 Å². The number of esters is 1. The van der Waals surface area contributed by atoms with Gasteiger partial charge in [0, 0.05) is 17.1 Å². The van der Waals surface area contributed by atoms with E-state index in [1.165, 1.54) is 18.4 Å². The number of rotatable bonds is 3. The van der Waals surface area contributed by atoms with Gasteiger partial charge in [-0.15, -0.1) is 11.3 Å². The Bertz CT molecular complexity index is 626. The van der Waals surface area contributed by atoms with Crippen LogP contribution in [0.2, 0.25) is 0 Å². The molecule has 1 aliphatic rings. The van der Waals surface area contributed by atoms with Gasteiger partial charge in [-0.2, -0.15) is 0 Å². The van der Waals surface area contributed by atoms with Crippen molar-refractivity contribution in [1.82, 2.24) is 4.98 Å². The molecule has 0 aliphatic carbocycles. The van der Waals surface area contributed by atoms with Crippen LogP contribution in [0, 0.1) is 0 Å². The third-order valence-corrected chi connectivity index (χ3v) is 3.28. The normalized spacial score (nSPS) is 12.3. The summed E-state index contributed by atoms with van der Waals surface area (Å²) in [6.07, 6.45) is 0. The number of aromatic nitrogens is 1. The molecule has 1 aromatic carbocycles. The number of nitrogens with zero attached hydrogens (tertiary/aromatic N) is 1. The van der Waals surface area contributed by atoms with E-state index in [9.17, 15) is 4.79 Å². The lowest BCUT2D eigenvalue weighted by Crippen LogP contribution is -2.01. The van der Waals surface area contributed by atoms with Crippen LogP contribution in [0.4, 0.5) is 10.8 Å². The number of benzene rings is 1. The maximum Gasteiger partial charge on any atom is 0.357 e. The van der Waals surface area contributed by atoms with Crippen LogP contribution >= 0.6 is 11.3 Å². The summed E-state index contributed by atoms with van der Waals surface area (Å²) in [5.74, 6) is 0.963. The van der Waals surface area contributed by atoms with Crippen LogP contribution < -0.4 is 14.8 Å². The van der Waals surface area contributed by atoms with Crippen molar-refractivity contribution in [3.8, 4) is 11.5 Å². The van der Waals surface area contributed by atoms with Gasteiger partial charge in [-0.25, -0.2) is 9.78 Å². The van der Waals surface area contributed by atoms with Crippen LogP contribution in [0.5, 0.6) is 11.5 Å². The molecule has 0 radical (unpaired) electrons. The van der Waals surface area contributed by atoms with Crippen LogP contribution in [0.3, 0.4) is 0 Å². The number of ether oxygens (including phenoxy) is 3. The Morgan fingerprint density at radius 1 is 1.42 bits per heavy atom. The molecular weight excluding hydrogens is 268 g/mol. The van der Waals surface area contributed by atoms with Gasteiger partial charge in [0.1, 0.15) is 0 Å². The molecule has 2 aromatic rings. The molecule has 7 heteroatoms. The second kappa shape index (κ2) is 4.77. The summed E-state index contributed by atoms with van der Waals surface area (Å²) >= 11 is 1.33. The van der Waals surface area contributed by atoms with Crippen molar-refractivity contribution < 1.29 is 19.0 Å². The molecule has 0 bridgehead atoms. The summed E-state index contributed by atoms with van der Waals surface area (Å²) in [5, 5.41) is 5.35. The Kier molecular flexibility index (Phi) is 2.96. The molecule has 0 amide bonds. The SMILES string of the molecule is COC(=O)c1csc(Nc2ccc3c(c2)OCO3)n1. The second-order valence-corrected chi connectivity index (χ2v) is 4.58. The second-order valence-electron chi connectivity index (χ2n) is 3.72. The number of nitrogens with one attached hydrogen (secondary N) is 1. The third-order valence-electron chi connectivity index (χ3n) is 2.52. The average Bonchev–Trinajstić information content (AvgIpc) is 3.06. The van der Waals surface area contributed by atoms with E-state index in [4.69, 9.17) is 9.47 Å². The molecule has 0 unspecified atom stereocenters. The number of fused-ring (bicyclic) bond motifs is 1. The first-order valence-electron chi connectivity index (χ1n) is 5.47. The topological polar surface area (TPSA) is 69.7 Å². The molecule has 19 heavy (non-hydrogen) atoms. The van der Waals surface area contributed by atoms with Crippen molar-refractivity contribution in [1.29, 1.82) is 0 Å². The van der Waals surface area contributed by atoms with E-state index >= 15 is 0 Å². The summed E-state index contributed by atoms with van der Waals surface area (Å²) in [4.78, 5) is 15.4. The maximum absolute atomic E-state index is 11.3. The lowest BCUT2D eigenvalue weighted by atomic mass is 10.3. The fraction of sp³-hybridized carbons (Fsp3) is 0.167. The Labute approximate surface area is 112 Å². The van der Waals surface area contributed by atoms with Gasteiger partial charge in [-0.05, 0) is 12.1 Å². The highest BCUT2D eigenvalue weighted by Crippen LogP contribution is 2.35. The van der Waals surface area contributed by atoms with Gasteiger partial charge in [-0.1, -0.05) is 0 Å². The fourth-order valence-corrected chi connectivity index (χ4v) is 2.33. The first kappa shape index (κ1) is 11.8. The summed E-state index contributed by atoms with van der Waals surface area (Å²) in [7, 11) is 1.33. The zero-order chi connectivity index (χ0) is 13.2. The predicted molar refractivity (Wildman–Crippen MR) is 69.3 cm³/mol. The zero-order valence-electron chi connectivity index (χ0n) is 10.0. The van der Waals surface area contributed by atoms with E-state index in [-0.39, 0.29) is 12.5 Å². The number of carbonyl (C=O) groups excluding carboxylic acids is 1. The van der Waals surface area contributed by atoms with E-state index in [1.807, 2.05) is 18.2 Å². The number of thiazole rings is 1. The molecule has 1 aromatic heterocycles. The first-order chi connectivity index (χ1) is 9.26. The Hall–Kier alpha value is -2.28. The van der Waals surface area contributed by atoms with Crippen molar-refractivity contribution in [3.05, 3.63) is 29.3 Å². The largest absolute Gasteiger partial charge is 0.464 e. The molecule has 0 saturated carbocycles. The van der Waals surface area contributed by atoms with Crippen molar-refractivity contribution in [2.45, 2.75) is 0 Å². The van der Waals surface area contributed by atoms with E-state index in [1.54, 1.807) is 5.38 Å². The van der Waals surface area contributed by atoms with Crippen LogP contribution in [0.1, 0.15) is 10.5 Å². The quantitative estimate of drug-likeness (QED) is 0.869. The van der Waals surface area contributed by atoms with E-state index < -0.39 is 5.97 Å². The van der Waals surface area contributed by atoms with Gasteiger partial charge in [0.2, 0.25) is 6.79 Å². The molecule has 0 saturated heterocycles. The minimum atomic E-state index is -0.449. The summed E-state index contributed by atoms with van der Waals surface area (Å²) in [6.45, 7) is 0.239. The van der Waals surface area contributed by atoms with Crippen molar-refractivity contribution >= 4 is 28.1 Å². The first-order valence-corrected chi connectivity index (χ1v) is 6.35. The number of hydrogen-bond acceptors (Lipinski definition) is 7. The number of anilines is 2. The molecule has 0 fully saturated rings. The van der Waals surface area contributed by atoms with Gasteiger partial charge in [0.25, 0.3) is 0 Å². The van der Waals surface area contributed by atoms with Gasteiger partial charge in [0.05, 0.1) is 7.11 Å². The lowest BCUT2D eigenvalue weighted by Gasteiger charge is -2.03. The van der Waals surface area contributed by atoms with E-state index in [0.717, 1.165) is 11.4 Å². The van der Waals surface area contributed by atoms with Crippen molar-refractivity contribution in [2.75, 3.05) is 19.2 Å². The smallest absolute Gasteiger partial charge is 0.357 e. The van der Waals surface area contributed by atoms with Crippen LogP contribution in [-0.2, 0) is 4.74 Å². The summed E-state index contributed by atoms with van der Waals surface area (Å²) in [5.41, 5.74) is 1.10. The monoisotopic (exact) mass is 278 g/mol. The molecule has 1 aliphatic heterocycles. The molecule has 0 spiro atoms. The van der Waals surface area contributed by atoms with Crippen LogP contribution in [-0.4, -0.2) is 24.9 Å². The minimum Gasteiger partial charge on any atom is -0.464 e. The van der Waals surface area contributed by atoms with Crippen LogP contribution in [0.25, 0.3) is 0 Å². The van der Waals surface area contributed by atoms with E-state index in [2.05, 4.69) is 15.0 Å². The Morgan fingerprint density at radius 3 is 3.11 bits per heavy atom. The summed E-state index contributed by atoms with van der Waals surface area (Å²) < 4.78 is 15.1. The highest BCUT2D eigenvalue weighted by molar-refractivity contribution is 7.14. The zero-order valence-corrected chi connectivity index (χ0v) is 10.8. The number of carbonyl (C=O) groups is 1. The van der Waals surface area contributed by atoms with Gasteiger partial charge in [-0.3, -0.25) is 0 Å². The minimum absolute atomic E-state index is 0.239. The summed E-state index contributed by atoms with van der Waals surface area (Å²) in [6, 6.07) is 5.49. The number of methoxy groups -OCH3 is 1. The average molecular weight is 278 g/mol. The van der Waals surface area contributed by atoms with Gasteiger partial charge >= 0.3 is 5.97 Å². The van der Waals surface area contributed by atoms with Crippen LogP contribution in [0.15, 0.2) is 23.6 Å². The van der Waals surface area contributed by atoms with Gasteiger partial charge in [0.15, 0.2) is 22.3 Å².